The molecule has 2 aromatic carbocycles. The van der Waals surface area contributed by atoms with Gasteiger partial charge in [0, 0.05) is 23.7 Å². The van der Waals surface area contributed by atoms with Gasteiger partial charge in [0.1, 0.15) is 5.82 Å². The van der Waals surface area contributed by atoms with Crippen LogP contribution in [0.4, 0.5) is 10.1 Å². The fourth-order valence-electron chi connectivity index (χ4n) is 3.87. The van der Waals surface area contributed by atoms with E-state index in [1.807, 2.05) is 41.8 Å². The molecule has 1 fully saturated rings. The van der Waals surface area contributed by atoms with Crippen molar-refractivity contribution >= 4 is 28.8 Å². The van der Waals surface area contributed by atoms with Crippen molar-refractivity contribution in [2.75, 3.05) is 18.1 Å². The Hall–Kier alpha value is -3.03. The topological polar surface area (TPSA) is 58.6 Å². The minimum Gasteiger partial charge on any atom is -0.376 e. The van der Waals surface area contributed by atoms with Gasteiger partial charge >= 0.3 is 0 Å². The van der Waals surface area contributed by atoms with Crippen LogP contribution in [0.15, 0.2) is 66.0 Å². The first-order valence-electron chi connectivity index (χ1n) is 11.1. The Morgan fingerprint density at radius 2 is 1.91 bits per heavy atom. The minimum atomic E-state index is -0.314. The summed E-state index contributed by atoms with van der Waals surface area (Å²) in [7, 11) is 0. The van der Waals surface area contributed by atoms with Crippen LogP contribution >= 0.6 is 11.3 Å². The molecule has 1 aromatic heterocycles. The summed E-state index contributed by atoms with van der Waals surface area (Å²) < 4.78 is 18.9. The zero-order valence-corrected chi connectivity index (χ0v) is 19.2. The first-order chi connectivity index (χ1) is 16.1. The van der Waals surface area contributed by atoms with Gasteiger partial charge < -0.3 is 15.0 Å². The molecule has 1 atom stereocenters. The lowest BCUT2D eigenvalue weighted by Crippen LogP contribution is -2.33. The third-order valence-corrected chi connectivity index (χ3v) is 6.47. The normalized spacial score (nSPS) is 15.4. The van der Waals surface area contributed by atoms with Gasteiger partial charge in [-0.25, -0.2) is 4.39 Å². The highest BCUT2D eigenvalue weighted by Crippen LogP contribution is 2.22. The summed E-state index contributed by atoms with van der Waals surface area (Å²) in [5.74, 6) is -0.439. The molecule has 33 heavy (non-hydrogen) atoms. The standard InChI is InChI=1S/C26H27FN2O3S/c27-21-10-8-19(9-11-21)18-29(26(31)16-24-7-3-13-33-24)22-5-1-4-20(14-22)15-25(30)28-17-23-6-2-12-32-23/h1,3-5,7-11,13-14,23H,2,6,12,15-18H2,(H,28,30). The predicted molar refractivity (Wildman–Crippen MR) is 128 cm³/mol. The van der Waals surface area contributed by atoms with Crippen LogP contribution in [0.5, 0.6) is 0 Å². The molecule has 1 saturated heterocycles. The Morgan fingerprint density at radius 3 is 2.64 bits per heavy atom. The molecular formula is C26H27FN2O3S. The lowest BCUT2D eigenvalue weighted by molar-refractivity contribution is -0.121. The van der Waals surface area contributed by atoms with Gasteiger partial charge in [-0.05, 0) is 59.7 Å². The average molecular weight is 467 g/mol. The third-order valence-electron chi connectivity index (χ3n) is 5.60. The monoisotopic (exact) mass is 466 g/mol. The van der Waals surface area contributed by atoms with E-state index < -0.39 is 0 Å². The maximum Gasteiger partial charge on any atom is 0.232 e. The summed E-state index contributed by atoms with van der Waals surface area (Å²) in [6.45, 7) is 1.60. The zero-order valence-electron chi connectivity index (χ0n) is 18.3. The summed E-state index contributed by atoms with van der Waals surface area (Å²) in [6, 6.07) is 17.5. The van der Waals surface area contributed by atoms with Gasteiger partial charge in [0.15, 0.2) is 0 Å². The molecule has 1 aliphatic heterocycles. The number of thiophene rings is 1. The van der Waals surface area contributed by atoms with E-state index in [1.165, 1.54) is 23.5 Å². The Kier molecular flexibility index (Phi) is 7.86. The molecular weight excluding hydrogens is 439 g/mol. The van der Waals surface area contributed by atoms with Crippen LogP contribution in [0, 0.1) is 5.82 Å². The first-order valence-corrected chi connectivity index (χ1v) is 12.0. The zero-order chi connectivity index (χ0) is 23.0. The van der Waals surface area contributed by atoms with Crippen molar-refractivity contribution in [3.8, 4) is 0 Å². The molecule has 5 nitrogen and oxygen atoms in total. The number of nitrogens with zero attached hydrogens (tertiary/aromatic N) is 1. The van der Waals surface area contributed by atoms with Crippen LogP contribution in [-0.2, 0) is 33.7 Å². The van der Waals surface area contributed by atoms with Gasteiger partial charge in [-0.3, -0.25) is 9.59 Å². The smallest absolute Gasteiger partial charge is 0.232 e. The molecule has 0 bridgehead atoms. The third kappa shape index (κ3) is 6.73. The molecule has 1 N–H and O–H groups in total. The molecule has 7 heteroatoms. The summed E-state index contributed by atoms with van der Waals surface area (Å²) >= 11 is 1.54. The van der Waals surface area contributed by atoms with E-state index in [4.69, 9.17) is 4.74 Å². The molecule has 0 saturated carbocycles. The van der Waals surface area contributed by atoms with E-state index in [-0.39, 0.29) is 36.6 Å². The Bertz CT molecular complexity index is 1060. The Morgan fingerprint density at radius 1 is 1.06 bits per heavy atom. The number of nitrogens with one attached hydrogen (secondary N) is 1. The summed E-state index contributed by atoms with van der Waals surface area (Å²) in [4.78, 5) is 28.3. The SMILES string of the molecule is O=C(Cc1cccc(N(Cc2ccc(F)cc2)C(=O)Cc2cccs2)c1)NCC1CCCO1. The molecule has 0 radical (unpaired) electrons. The van der Waals surface area contributed by atoms with Crippen molar-refractivity contribution in [1.29, 1.82) is 0 Å². The van der Waals surface area contributed by atoms with Gasteiger partial charge in [-0.15, -0.1) is 11.3 Å². The largest absolute Gasteiger partial charge is 0.376 e. The molecule has 0 aliphatic carbocycles. The number of halogens is 1. The Balaban J connectivity index is 1.48. The maximum absolute atomic E-state index is 13.4. The van der Waals surface area contributed by atoms with Crippen LogP contribution in [0.25, 0.3) is 0 Å². The van der Waals surface area contributed by atoms with Crippen LogP contribution < -0.4 is 10.2 Å². The van der Waals surface area contributed by atoms with Gasteiger partial charge in [0.05, 0.1) is 25.5 Å². The molecule has 4 rings (SSSR count). The number of anilines is 1. The lowest BCUT2D eigenvalue weighted by Gasteiger charge is -2.24. The highest BCUT2D eigenvalue weighted by Gasteiger charge is 2.19. The summed E-state index contributed by atoms with van der Waals surface area (Å²) in [6.07, 6.45) is 2.61. The number of hydrogen-bond acceptors (Lipinski definition) is 4. The quantitative estimate of drug-likeness (QED) is 0.505. The van der Waals surface area contributed by atoms with Gasteiger partial charge in [-0.2, -0.15) is 0 Å². The molecule has 1 unspecified atom stereocenters. The van der Waals surface area contributed by atoms with Crippen LogP contribution in [0.2, 0.25) is 0 Å². The van der Waals surface area contributed by atoms with Crippen molar-refractivity contribution in [3.63, 3.8) is 0 Å². The summed E-state index contributed by atoms with van der Waals surface area (Å²) in [5.41, 5.74) is 2.37. The molecule has 3 aromatic rings. The van der Waals surface area contributed by atoms with Gasteiger partial charge in [-0.1, -0.05) is 30.3 Å². The second kappa shape index (κ2) is 11.2. The predicted octanol–water partition coefficient (Wildman–Crippen LogP) is 4.50. The number of ether oxygens (including phenoxy) is 1. The van der Waals surface area contributed by atoms with E-state index in [2.05, 4.69) is 5.32 Å². The van der Waals surface area contributed by atoms with Crippen LogP contribution in [0.1, 0.15) is 28.8 Å². The highest BCUT2D eigenvalue weighted by atomic mass is 32.1. The Labute approximate surface area is 197 Å². The van der Waals surface area contributed by atoms with E-state index >= 15 is 0 Å². The van der Waals surface area contributed by atoms with Crippen molar-refractivity contribution in [2.45, 2.75) is 38.3 Å². The fourth-order valence-corrected chi connectivity index (χ4v) is 4.56. The highest BCUT2D eigenvalue weighted by molar-refractivity contribution is 7.10. The summed E-state index contributed by atoms with van der Waals surface area (Å²) in [5, 5.41) is 4.89. The van der Waals surface area contributed by atoms with Gasteiger partial charge in [0.2, 0.25) is 11.8 Å². The number of benzene rings is 2. The average Bonchev–Trinajstić information content (AvgIpc) is 3.52. The molecule has 172 valence electrons. The maximum atomic E-state index is 13.4. The van der Waals surface area contributed by atoms with Crippen LogP contribution in [-0.4, -0.2) is 31.1 Å². The number of amides is 2. The van der Waals surface area contributed by atoms with Crippen molar-refractivity contribution in [1.82, 2.24) is 5.32 Å². The number of carbonyl (C=O) groups excluding carboxylic acids is 2. The van der Waals surface area contributed by atoms with E-state index in [1.54, 1.807) is 17.0 Å². The number of hydrogen-bond donors (Lipinski definition) is 1. The van der Waals surface area contributed by atoms with Crippen LogP contribution in [0.3, 0.4) is 0 Å². The molecule has 2 amide bonds. The molecule has 1 aliphatic rings. The molecule has 2 heterocycles. The van der Waals surface area contributed by atoms with Crippen molar-refractivity contribution in [2.24, 2.45) is 0 Å². The first kappa shape index (κ1) is 23.1. The lowest BCUT2D eigenvalue weighted by atomic mass is 10.1. The van der Waals surface area contributed by atoms with Crippen molar-refractivity contribution in [3.05, 3.63) is 87.9 Å². The molecule has 0 spiro atoms. The second-order valence-corrected chi connectivity index (χ2v) is 9.18. The fraction of sp³-hybridized carbons (Fsp3) is 0.308. The second-order valence-electron chi connectivity index (χ2n) is 8.15. The van der Waals surface area contributed by atoms with Gasteiger partial charge in [0.25, 0.3) is 0 Å². The minimum absolute atomic E-state index is 0.0539. The van der Waals surface area contributed by atoms with E-state index in [9.17, 15) is 14.0 Å². The van der Waals surface area contributed by atoms with E-state index in [0.29, 0.717) is 18.8 Å². The van der Waals surface area contributed by atoms with Crippen molar-refractivity contribution < 1.29 is 18.7 Å². The number of rotatable bonds is 9. The number of carbonyl (C=O) groups is 2. The van der Waals surface area contributed by atoms with E-state index in [0.717, 1.165) is 35.5 Å².